The molecule has 0 aliphatic heterocycles. The van der Waals surface area contributed by atoms with Gasteiger partial charge in [-0.15, -0.1) is 0 Å². The Balaban J connectivity index is 1.65. The second kappa shape index (κ2) is 9.06. The Morgan fingerprint density at radius 3 is 2.37 bits per heavy atom. The van der Waals surface area contributed by atoms with Gasteiger partial charge in [-0.3, -0.25) is 0 Å². The zero-order valence-corrected chi connectivity index (χ0v) is 17.8. The molecule has 1 heterocycles. The highest BCUT2D eigenvalue weighted by molar-refractivity contribution is 9.10. The molecule has 0 saturated carbocycles. The highest BCUT2D eigenvalue weighted by Crippen LogP contribution is 2.36. The summed E-state index contributed by atoms with van der Waals surface area (Å²) in [5, 5.41) is 0. The highest BCUT2D eigenvalue weighted by Gasteiger charge is 2.13. The van der Waals surface area contributed by atoms with Crippen LogP contribution in [-0.2, 0) is 6.61 Å². The zero-order chi connectivity index (χ0) is 20.9. The molecular formula is C26H19BrFNO. The molecule has 0 fully saturated rings. The van der Waals surface area contributed by atoms with Crippen molar-refractivity contribution in [1.29, 1.82) is 0 Å². The molecule has 4 aromatic rings. The van der Waals surface area contributed by atoms with E-state index < -0.39 is 0 Å². The van der Waals surface area contributed by atoms with E-state index in [2.05, 4.69) is 22.5 Å². The van der Waals surface area contributed by atoms with Gasteiger partial charge in [-0.25, -0.2) is 9.37 Å². The number of halogens is 2. The SMILES string of the molecule is C=C(c1ccccc1)c1cccc(-c2cccc(Br)c2OCc2ccc(F)cc2)n1. The molecule has 3 aromatic carbocycles. The number of aromatic nitrogens is 1. The van der Waals surface area contributed by atoms with E-state index in [9.17, 15) is 4.39 Å². The number of nitrogens with zero attached hydrogens (tertiary/aromatic N) is 1. The number of ether oxygens (including phenoxy) is 1. The molecule has 1 aromatic heterocycles. The van der Waals surface area contributed by atoms with Gasteiger partial charge >= 0.3 is 0 Å². The molecule has 0 aliphatic rings. The first-order chi connectivity index (χ1) is 14.6. The lowest BCUT2D eigenvalue weighted by Crippen LogP contribution is -1.99. The molecule has 4 heteroatoms. The van der Waals surface area contributed by atoms with Crippen LogP contribution in [0.1, 0.15) is 16.8 Å². The summed E-state index contributed by atoms with van der Waals surface area (Å²) in [6.45, 7) is 4.55. The van der Waals surface area contributed by atoms with Gasteiger partial charge in [0.2, 0.25) is 0 Å². The lowest BCUT2D eigenvalue weighted by Gasteiger charge is -2.14. The summed E-state index contributed by atoms with van der Waals surface area (Å²) >= 11 is 3.58. The van der Waals surface area contributed by atoms with Gasteiger partial charge in [0, 0.05) is 11.1 Å². The van der Waals surface area contributed by atoms with Gasteiger partial charge in [-0.1, -0.05) is 61.2 Å². The van der Waals surface area contributed by atoms with E-state index in [1.54, 1.807) is 12.1 Å². The summed E-state index contributed by atoms with van der Waals surface area (Å²) in [5.41, 5.74) is 5.25. The first-order valence-corrected chi connectivity index (χ1v) is 10.3. The molecule has 0 unspecified atom stereocenters. The summed E-state index contributed by atoms with van der Waals surface area (Å²) in [7, 11) is 0. The molecule has 0 saturated heterocycles. The predicted octanol–water partition coefficient (Wildman–Crippen LogP) is 7.29. The number of hydrogen-bond acceptors (Lipinski definition) is 2. The van der Waals surface area contributed by atoms with Crippen LogP contribution in [-0.4, -0.2) is 4.98 Å². The van der Waals surface area contributed by atoms with E-state index in [0.29, 0.717) is 12.4 Å². The zero-order valence-electron chi connectivity index (χ0n) is 16.2. The van der Waals surface area contributed by atoms with Crippen LogP contribution in [0.25, 0.3) is 16.8 Å². The minimum atomic E-state index is -0.264. The van der Waals surface area contributed by atoms with Crippen molar-refractivity contribution in [3.8, 4) is 17.0 Å². The molecule has 2 nitrogen and oxygen atoms in total. The van der Waals surface area contributed by atoms with Crippen molar-refractivity contribution in [3.05, 3.63) is 125 Å². The predicted molar refractivity (Wildman–Crippen MR) is 123 cm³/mol. The monoisotopic (exact) mass is 459 g/mol. The average molecular weight is 460 g/mol. The topological polar surface area (TPSA) is 22.1 Å². The van der Waals surface area contributed by atoms with E-state index in [1.165, 1.54) is 12.1 Å². The van der Waals surface area contributed by atoms with Gasteiger partial charge in [-0.2, -0.15) is 0 Å². The summed E-state index contributed by atoms with van der Waals surface area (Å²) < 4.78 is 20.1. The van der Waals surface area contributed by atoms with Gasteiger partial charge in [0.25, 0.3) is 0 Å². The third-order valence-electron chi connectivity index (χ3n) is 4.72. The summed E-state index contributed by atoms with van der Waals surface area (Å²) in [4.78, 5) is 4.84. The van der Waals surface area contributed by atoms with E-state index >= 15 is 0 Å². The highest BCUT2D eigenvalue weighted by atomic mass is 79.9. The van der Waals surface area contributed by atoms with Gasteiger partial charge in [-0.05, 0) is 63.5 Å². The molecule has 148 valence electrons. The maximum Gasteiger partial charge on any atom is 0.143 e. The minimum Gasteiger partial charge on any atom is -0.487 e. The van der Waals surface area contributed by atoms with Gasteiger partial charge in [0.1, 0.15) is 18.2 Å². The Kier molecular flexibility index (Phi) is 6.05. The maximum atomic E-state index is 13.2. The molecule has 30 heavy (non-hydrogen) atoms. The van der Waals surface area contributed by atoms with Crippen molar-refractivity contribution in [2.45, 2.75) is 6.61 Å². The number of rotatable bonds is 6. The van der Waals surface area contributed by atoms with Crippen LogP contribution < -0.4 is 4.74 Å². The van der Waals surface area contributed by atoms with Crippen molar-refractivity contribution in [2.75, 3.05) is 0 Å². The fraction of sp³-hybridized carbons (Fsp3) is 0.0385. The largest absolute Gasteiger partial charge is 0.487 e. The Labute approximate surface area is 183 Å². The van der Waals surface area contributed by atoms with E-state index in [-0.39, 0.29) is 5.82 Å². The van der Waals surface area contributed by atoms with Crippen molar-refractivity contribution in [2.24, 2.45) is 0 Å². The molecule has 0 atom stereocenters. The summed E-state index contributed by atoms with van der Waals surface area (Å²) in [5.74, 6) is 0.428. The van der Waals surface area contributed by atoms with E-state index in [1.807, 2.05) is 66.7 Å². The molecule has 0 bridgehead atoms. The molecule has 0 radical (unpaired) electrons. The van der Waals surface area contributed by atoms with Crippen LogP contribution in [0, 0.1) is 5.82 Å². The van der Waals surface area contributed by atoms with Gasteiger partial charge < -0.3 is 4.74 Å². The molecule has 4 rings (SSSR count). The molecule has 0 spiro atoms. The lowest BCUT2D eigenvalue weighted by molar-refractivity contribution is 0.305. The number of pyridine rings is 1. The normalized spacial score (nSPS) is 10.6. The van der Waals surface area contributed by atoms with Crippen LogP contribution in [0.15, 0.2) is 102 Å². The number of hydrogen-bond donors (Lipinski definition) is 0. The Morgan fingerprint density at radius 2 is 1.60 bits per heavy atom. The summed E-state index contributed by atoms with van der Waals surface area (Å²) in [6.07, 6.45) is 0. The smallest absolute Gasteiger partial charge is 0.143 e. The minimum absolute atomic E-state index is 0.264. The first kappa shape index (κ1) is 20.0. The standard InChI is InChI=1S/C26H19BrFNO/c1-18(20-7-3-2-4-8-20)24-11-6-12-25(29-24)22-9-5-10-23(27)26(22)30-17-19-13-15-21(28)16-14-19/h2-16H,1,17H2. The average Bonchev–Trinajstić information content (AvgIpc) is 2.79. The van der Waals surface area contributed by atoms with Crippen LogP contribution in [0.4, 0.5) is 4.39 Å². The second-order valence-electron chi connectivity index (χ2n) is 6.78. The molecule has 0 amide bonds. The third kappa shape index (κ3) is 4.50. The lowest BCUT2D eigenvalue weighted by atomic mass is 10.0. The Hall–Kier alpha value is -3.24. The van der Waals surface area contributed by atoms with Gasteiger partial charge in [0.15, 0.2) is 0 Å². The van der Waals surface area contributed by atoms with E-state index in [4.69, 9.17) is 9.72 Å². The first-order valence-electron chi connectivity index (χ1n) is 9.50. The molecule has 0 N–H and O–H groups in total. The Morgan fingerprint density at radius 1 is 0.867 bits per heavy atom. The quantitative estimate of drug-likeness (QED) is 0.302. The van der Waals surface area contributed by atoms with Gasteiger partial charge in [0.05, 0.1) is 15.9 Å². The van der Waals surface area contributed by atoms with Crippen LogP contribution >= 0.6 is 15.9 Å². The summed E-state index contributed by atoms with van der Waals surface area (Å²) in [6, 6.07) is 28.0. The van der Waals surface area contributed by atoms with E-state index in [0.717, 1.165) is 38.1 Å². The third-order valence-corrected chi connectivity index (χ3v) is 5.34. The second-order valence-corrected chi connectivity index (χ2v) is 7.64. The van der Waals surface area contributed by atoms with Crippen molar-refractivity contribution in [1.82, 2.24) is 4.98 Å². The fourth-order valence-electron chi connectivity index (χ4n) is 3.13. The van der Waals surface area contributed by atoms with Crippen molar-refractivity contribution < 1.29 is 9.13 Å². The van der Waals surface area contributed by atoms with Crippen molar-refractivity contribution in [3.63, 3.8) is 0 Å². The fourth-order valence-corrected chi connectivity index (χ4v) is 3.61. The molecule has 0 aliphatic carbocycles. The van der Waals surface area contributed by atoms with Crippen LogP contribution in [0.5, 0.6) is 5.75 Å². The maximum absolute atomic E-state index is 13.2. The van der Waals surface area contributed by atoms with Crippen molar-refractivity contribution >= 4 is 21.5 Å². The van der Waals surface area contributed by atoms with Crippen LogP contribution in [0.2, 0.25) is 0 Å². The molecular weight excluding hydrogens is 441 g/mol. The number of benzene rings is 3. The Bertz CT molecular complexity index is 1170. The van der Waals surface area contributed by atoms with Crippen LogP contribution in [0.3, 0.4) is 0 Å². The number of para-hydroxylation sites is 1.